The molecule has 0 spiro atoms. The zero-order valence-electron chi connectivity index (χ0n) is 13.5. The highest BCUT2D eigenvalue weighted by Gasteiger charge is 2.27. The highest BCUT2D eigenvalue weighted by molar-refractivity contribution is 5.86. The number of hydrogen-bond donors (Lipinski definition) is 0. The molecule has 2 heterocycles. The molecule has 0 radical (unpaired) electrons. The molecule has 0 amide bonds. The van der Waals surface area contributed by atoms with Crippen LogP contribution in [0.4, 0.5) is 0 Å². The van der Waals surface area contributed by atoms with Crippen molar-refractivity contribution in [2.75, 3.05) is 20.2 Å². The minimum absolute atomic E-state index is 0.177. The van der Waals surface area contributed by atoms with E-state index in [1.807, 2.05) is 19.2 Å². The van der Waals surface area contributed by atoms with Crippen LogP contribution in [-0.4, -0.2) is 29.7 Å². The topological polar surface area (TPSA) is 41.2 Å². The SMILES string of the molecule is COc1ccc2c(c1)c(C(C#N)N1CCC(C)CC1)cn2C. The van der Waals surface area contributed by atoms with Gasteiger partial charge in [0.1, 0.15) is 11.8 Å². The molecule has 0 aliphatic carbocycles. The summed E-state index contributed by atoms with van der Waals surface area (Å²) in [4.78, 5) is 2.31. The van der Waals surface area contributed by atoms with Crippen molar-refractivity contribution < 1.29 is 4.74 Å². The lowest BCUT2D eigenvalue weighted by atomic mass is 9.96. The highest BCUT2D eigenvalue weighted by atomic mass is 16.5. The van der Waals surface area contributed by atoms with Crippen LogP contribution >= 0.6 is 0 Å². The molecule has 0 N–H and O–H groups in total. The van der Waals surface area contributed by atoms with Gasteiger partial charge in [-0.3, -0.25) is 4.90 Å². The minimum atomic E-state index is -0.177. The van der Waals surface area contributed by atoms with Crippen LogP contribution in [0.1, 0.15) is 31.4 Å². The Bertz CT molecular complexity index is 705. The van der Waals surface area contributed by atoms with E-state index in [1.165, 1.54) is 12.8 Å². The van der Waals surface area contributed by atoms with Gasteiger partial charge in [0, 0.05) is 29.7 Å². The summed E-state index contributed by atoms with van der Waals surface area (Å²) >= 11 is 0. The Hall–Kier alpha value is -1.99. The van der Waals surface area contributed by atoms with Crippen LogP contribution < -0.4 is 4.74 Å². The Balaban J connectivity index is 2.01. The number of fused-ring (bicyclic) bond motifs is 1. The summed E-state index contributed by atoms with van der Waals surface area (Å²) in [6.45, 7) is 4.29. The number of aryl methyl sites for hydroxylation is 1. The van der Waals surface area contributed by atoms with E-state index in [1.54, 1.807) is 7.11 Å². The van der Waals surface area contributed by atoms with E-state index in [2.05, 4.69) is 34.7 Å². The van der Waals surface area contributed by atoms with Gasteiger partial charge in [0.05, 0.1) is 13.2 Å². The number of rotatable bonds is 3. The Morgan fingerprint density at radius 1 is 1.32 bits per heavy atom. The van der Waals surface area contributed by atoms with E-state index in [-0.39, 0.29) is 6.04 Å². The lowest BCUT2D eigenvalue weighted by Gasteiger charge is -2.33. The molecule has 1 aromatic carbocycles. The monoisotopic (exact) mass is 297 g/mol. The lowest BCUT2D eigenvalue weighted by Crippen LogP contribution is -2.35. The van der Waals surface area contributed by atoms with E-state index >= 15 is 0 Å². The molecular weight excluding hydrogens is 274 g/mol. The van der Waals surface area contributed by atoms with Crippen molar-refractivity contribution in [2.24, 2.45) is 13.0 Å². The van der Waals surface area contributed by atoms with Crippen LogP contribution in [0.15, 0.2) is 24.4 Å². The standard InChI is InChI=1S/C18H23N3O/c1-13-6-8-21(9-7-13)18(11-19)16-12-20(2)17-5-4-14(22-3)10-15(16)17/h4-5,10,12-13,18H,6-9H2,1-3H3. The van der Waals surface area contributed by atoms with Gasteiger partial charge in [-0.25, -0.2) is 0 Å². The molecule has 1 aromatic heterocycles. The number of aromatic nitrogens is 1. The number of hydrogen-bond acceptors (Lipinski definition) is 3. The zero-order chi connectivity index (χ0) is 15.7. The third-order valence-electron chi connectivity index (χ3n) is 4.83. The van der Waals surface area contributed by atoms with E-state index in [9.17, 15) is 5.26 Å². The van der Waals surface area contributed by atoms with Gasteiger partial charge in [-0.2, -0.15) is 5.26 Å². The number of benzene rings is 1. The maximum Gasteiger partial charge on any atom is 0.125 e. The fourth-order valence-corrected chi connectivity index (χ4v) is 3.38. The second kappa shape index (κ2) is 6.02. The van der Waals surface area contributed by atoms with Crippen LogP contribution in [0, 0.1) is 17.2 Å². The maximum atomic E-state index is 9.76. The summed E-state index contributed by atoms with van der Waals surface area (Å²) in [6, 6.07) is 8.41. The number of nitrogens with zero attached hydrogens (tertiary/aromatic N) is 3. The van der Waals surface area contributed by atoms with Crippen LogP contribution in [0.25, 0.3) is 10.9 Å². The van der Waals surface area contributed by atoms with E-state index in [0.29, 0.717) is 0 Å². The summed E-state index contributed by atoms with van der Waals surface area (Å²) in [5, 5.41) is 10.9. The number of piperidine rings is 1. The van der Waals surface area contributed by atoms with Gasteiger partial charge < -0.3 is 9.30 Å². The molecule has 116 valence electrons. The van der Waals surface area contributed by atoms with Crippen molar-refractivity contribution in [1.82, 2.24) is 9.47 Å². The predicted octanol–water partition coefficient (Wildman–Crippen LogP) is 3.48. The summed E-state index contributed by atoms with van der Waals surface area (Å²) in [7, 11) is 3.71. The van der Waals surface area contributed by atoms with Crippen LogP contribution in [0.3, 0.4) is 0 Å². The Kier molecular flexibility index (Phi) is 4.08. The molecule has 3 rings (SSSR count). The predicted molar refractivity (Wildman–Crippen MR) is 87.8 cm³/mol. The molecule has 4 heteroatoms. The van der Waals surface area contributed by atoms with Gasteiger partial charge in [0.15, 0.2) is 0 Å². The van der Waals surface area contributed by atoms with Gasteiger partial charge in [-0.1, -0.05) is 6.92 Å². The van der Waals surface area contributed by atoms with Crippen molar-refractivity contribution in [3.8, 4) is 11.8 Å². The van der Waals surface area contributed by atoms with Crippen molar-refractivity contribution >= 4 is 10.9 Å². The third-order valence-corrected chi connectivity index (χ3v) is 4.83. The molecule has 22 heavy (non-hydrogen) atoms. The van der Waals surface area contributed by atoms with Crippen LogP contribution in [0.2, 0.25) is 0 Å². The fraction of sp³-hybridized carbons (Fsp3) is 0.500. The van der Waals surface area contributed by atoms with Crippen LogP contribution in [0.5, 0.6) is 5.75 Å². The molecule has 0 bridgehead atoms. The van der Waals surface area contributed by atoms with E-state index in [0.717, 1.165) is 41.2 Å². The molecule has 1 aliphatic rings. The minimum Gasteiger partial charge on any atom is -0.497 e. The third kappa shape index (κ3) is 2.57. The van der Waals surface area contributed by atoms with Crippen LogP contribution in [-0.2, 0) is 7.05 Å². The van der Waals surface area contributed by atoms with Gasteiger partial charge in [-0.05, 0) is 50.0 Å². The quantitative estimate of drug-likeness (QED) is 0.871. The van der Waals surface area contributed by atoms with Gasteiger partial charge in [-0.15, -0.1) is 0 Å². The second-order valence-corrected chi connectivity index (χ2v) is 6.33. The fourth-order valence-electron chi connectivity index (χ4n) is 3.38. The van der Waals surface area contributed by atoms with E-state index in [4.69, 9.17) is 4.74 Å². The zero-order valence-corrected chi connectivity index (χ0v) is 13.5. The first kappa shape index (κ1) is 14.9. The summed E-state index contributed by atoms with van der Waals surface area (Å²) in [6.07, 6.45) is 4.44. The van der Waals surface area contributed by atoms with Crippen molar-refractivity contribution in [3.05, 3.63) is 30.0 Å². The van der Waals surface area contributed by atoms with Gasteiger partial charge in [0.25, 0.3) is 0 Å². The molecule has 1 unspecified atom stereocenters. The van der Waals surface area contributed by atoms with Crippen molar-refractivity contribution in [1.29, 1.82) is 5.26 Å². The van der Waals surface area contributed by atoms with E-state index < -0.39 is 0 Å². The Labute approximate surface area is 131 Å². The molecular formula is C18H23N3O. The van der Waals surface area contributed by atoms with Crippen molar-refractivity contribution in [3.63, 3.8) is 0 Å². The number of likely N-dealkylation sites (tertiary alicyclic amines) is 1. The number of ether oxygens (including phenoxy) is 1. The molecule has 4 nitrogen and oxygen atoms in total. The number of methoxy groups -OCH3 is 1. The second-order valence-electron chi connectivity index (χ2n) is 6.33. The molecule has 1 fully saturated rings. The van der Waals surface area contributed by atoms with Gasteiger partial charge >= 0.3 is 0 Å². The molecule has 0 saturated carbocycles. The molecule has 1 aliphatic heterocycles. The lowest BCUT2D eigenvalue weighted by molar-refractivity contribution is 0.165. The maximum absolute atomic E-state index is 9.76. The molecule has 1 atom stereocenters. The smallest absolute Gasteiger partial charge is 0.125 e. The first-order valence-corrected chi connectivity index (χ1v) is 7.90. The number of nitriles is 1. The Morgan fingerprint density at radius 2 is 2.05 bits per heavy atom. The normalized spacial score (nSPS) is 18.3. The Morgan fingerprint density at radius 3 is 2.68 bits per heavy atom. The first-order chi connectivity index (χ1) is 10.6. The highest BCUT2D eigenvalue weighted by Crippen LogP contribution is 2.33. The average Bonchev–Trinajstić information content (AvgIpc) is 2.86. The summed E-state index contributed by atoms with van der Waals surface area (Å²) in [5.41, 5.74) is 2.23. The first-order valence-electron chi connectivity index (χ1n) is 7.90. The largest absolute Gasteiger partial charge is 0.497 e. The molecule has 1 saturated heterocycles. The summed E-state index contributed by atoms with van der Waals surface area (Å²) in [5.74, 6) is 1.60. The summed E-state index contributed by atoms with van der Waals surface area (Å²) < 4.78 is 7.45. The average molecular weight is 297 g/mol. The van der Waals surface area contributed by atoms with Gasteiger partial charge in [0.2, 0.25) is 0 Å². The van der Waals surface area contributed by atoms with Crippen molar-refractivity contribution in [2.45, 2.75) is 25.8 Å². The molecule has 2 aromatic rings.